The van der Waals surface area contributed by atoms with Gasteiger partial charge in [0.05, 0.1) is 11.6 Å². The summed E-state index contributed by atoms with van der Waals surface area (Å²) in [6.45, 7) is 4.80. The molecule has 1 heterocycles. The summed E-state index contributed by atoms with van der Waals surface area (Å²) in [4.78, 5) is 20.7. The lowest BCUT2D eigenvalue weighted by molar-refractivity contribution is -0.123. The van der Waals surface area contributed by atoms with Crippen molar-refractivity contribution >= 4 is 5.91 Å². The van der Waals surface area contributed by atoms with Crippen molar-refractivity contribution in [2.24, 2.45) is 5.92 Å². The van der Waals surface area contributed by atoms with Crippen molar-refractivity contribution in [3.8, 4) is 6.07 Å². The molecule has 24 heavy (non-hydrogen) atoms. The lowest BCUT2D eigenvalue weighted by Crippen LogP contribution is -2.42. The molecule has 0 radical (unpaired) electrons. The summed E-state index contributed by atoms with van der Waals surface area (Å²) in [5.41, 5.74) is 7.24. The van der Waals surface area contributed by atoms with Gasteiger partial charge in [0.25, 0.3) is 0 Å². The zero-order valence-electron chi connectivity index (χ0n) is 13.9. The second kappa shape index (κ2) is 8.75. The number of hydrazine groups is 1. The molecule has 0 saturated heterocycles. The molecule has 0 aliphatic carbocycles. The highest BCUT2D eigenvalue weighted by atomic mass is 16.2. The van der Waals surface area contributed by atoms with Crippen molar-refractivity contribution in [3.63, 3.8) is 0 Å². The number of nitriles is 1. The van der Waals surface area contributed by atoms with Gasteiger partial charge in [0.15, 0.2) is 0 Å². The Kier molecular flexibility index (Phi) is 6.41. The lowest BCUT2D eigenvalue weighted by Gasteiger charge is -2.17. The van der Waals surface area contributed by atoms with Gasteiger partial charge in [-0.25, -0.2) is 15.4 Å². The van der Waals surface area contributed by atoms with Gasteiger partial charge in [-0.2, -0.15) is 5.26 Å². The van der Waals surface area contributed by atoms with Crippen LogP contribution in [0.25, 0.3) is 0 Å². The number of nitrogens with zero attached hydrogens (tertiary/aromatic N) is 3. The second-order valence-electron chi connectivity index (χ2n) is 5.92. The van der Waals surface area contributed by atoms with Crippen molar-refractivity contribution in [2.75, 3.05) is 6.54 Å². The SMILES string of the molecule is CC(C)CNNC(=O)C(Cc1ccccc1)c1ccnc(C#N)n1. The van der Waals surface area contributed by atoms with Crippen molar-refractivity contribution in [3.05, 3.63) is 59.7 Å². The van der Waals surface area contributed by atoms with Crippen LogP contribution in [0.5, 0.6) is 0 Å². The molecule has 124 valence electrons. The number of nitrogens with one attached hydrogen (secondary N) is 2. The molecule has 0 aliphatic heterocycles. The third kappa shape index (κ3) is 5.14. The molecule has 0 bridgehead atoms. The third-order valence-corrected chi connectivity index (χ3v) is 3.46. The Hall–Kier alpha value is -2.78. The highest BCUT2D eigenvalue weighted by Gasteiger charge is 2.23. The minimum Gasteiger partial charge on any atom is -0.291 e. The van der Waals surface area contributed by atoms with Crippen LogP contribution in [-0.2, 0) is 11.2 Å². The highest BCUT2D eigenvalue weighted by molar-refractivity contribution is 5.83. The largest absolute Gasteiger partial charge is 0.291 e. The Balaban J connectivity index is 2.20. The number of carbonyl (C=O) groups is 1. The van der Waals surface area contributed by atoms with Gasteiger partial charge in [0, 0.05) is 12.7 Å². The molecule has 1 atom stereocenters. The van der Waals surface area contributed by atoms with Gasteiger partial charge in [0.2, 0.25) is 11.7 Å². The molecular formula is C18H21N5O. The fourth-order valence-corrected chi connectivity index (χ4v) is 2.23. The van der Waals surface area contributed by atoms with Crippen LogP contribution in [0.3, 0.4) is 0 Å². The average Bonchev–Trinajstić information content (AvgIpc) is 2.60. The van der Waals surface area contributed by atoms with Gasteiger partial charge < -0.3 is 0 Å². The zero-order valence-corrected chi connectivity index (χ0v) is 13.9. The number of rotatable bonds is 7. The van der Waals surface area contributed by atoms with Gasteiger partial charge in [-0.05, 0) is 24.0 Å². The molecule has 6 heteroatoms. The van der Waals surface area contributed by atoms with Crippen molar-refractivity contribution in [1.82, 2.24) is 20.8 Å². The number of aromatic nitrogens is 2. The smallest absolute Gasteiger partial charge is 0.243 e. The molecule has 1 amide bonds. The number of hydrogen-bond acceptors (Lipinski definition) is 5. The standard InChI is InChI=1S/C18H21N5O/c1-13(2)12-21-23-18(24)15(10-14-6-4-3-5-7-14)16-8-9-20-17(11-19)22-16/h3-9,13,15,21H,10,12H2,1-2H3,(H,23,24). The first kappa shape index (κ1) is 17.6. The molecule has 2 aromatic rings. The lowest BCUT2D eigenvalue weighted by atomic mass is 9.95. The number of hydrogen-bond donors (Lipinski definition) is 2. The van der Waals surface area contributed by atoms with E-state index in [2.05, 4.69) is 34.7 Å². The molecule has 0 spiro atoms. The Bertz CT molecular complexity index is 709. The Morgan fingerprint density at radius 3 is 2.67 bits per heavy atom. The van der Waals surface area contributed by atoms with Crippen LogP contribution in [0.2, 0.25) is 0 Å². The van der Waals surface area contributed by atoms with E-state index in [0.717, 1.165) is 5.56 Å². The summed E-state index contributed by atoms with van der Waals surface area (Å²) in [5.74, 6) is -0.195. The average molecular weight is 323 g/mol. The topological polar surface area (TPSA) is 90.7 Å². The third-order valence-electron chi connectivity index (χ3n) is 3.46. The first-order valence-corrected chi connectivity index (χ1v) is 7.90. The molecule has 6 nitrogen and oxygen atoms in total. The fraction of sp³-hybridized carbons (Fsp3) is 0.333. The predicted molar refractivity (Wildman–Crippen MR) is 90.6 cm³/mol. The summed E-state index contributed by atoms with van der Waals surface area (Å²) < 4.78 is 0. The van der Waals surface area contributed by atoms with Crippen molar-refractivity contribution < 1.29 is 4.79 Å². The van der Waals surface area contributed by atoms with E-state index in [0.29, 0.717) is 24.6 Å². The van der Waals surface area contributed by atoms with Crippen LogP contribution in [0.4, 0.5) is 0 Å². The molecule has 0 aliphatic rings. The van der Waals surface area contributed by atoms with Crippen molar-refractivity contribution in [1.29, 1.82) is 5.26 Å². The van der Waals surface area contributed by atoms with Gasteiger partial charge >= 0.3 is 0 Å². The normalized spacial score (nSPS) is 11.8. The molecule has 1 aromatic heterocycles. The van der Waals surface area contributed by atoms with E-state index in [-0.39, 0.29) is 11.7 Å². The maximum absolute atomic E-state index is 12.6. The molecule has 1 aromatic carbocycles. The zero-order chi connectivity index (χ0) is 17.4. The first-order chi connectivity index (χ1) is 11.6. The van der Waals surface area contributed by atoms with E-state index in [9.17, 15) is 4.79 Å². The number of carbonyl (C=O) groups excluding carboxylic acids is 1. The summed E-state index contributed by atoms with van der Waals surface area (Å²) in [5, 5.41) is 8.99. The minimum atomic E-state index is -0.498. The van der Waals surface area contributed by atoms with Crippen LogP contribution < -0.4 is 10.9 Å². The summed E-state index contributed by atoms with van der Waals surface area (Å²) >= 11 is 0. The molecule has 1 unspecified atom stereocenters. The highest BCUT2D eigenvalue weighted by Crippen LogP contribution is 2.19. The molecule has 2 N–H and O–H groups in total. The van der Waals surface area contributed by atoms with E-state index < -0.39 is 5.92 Å². The van der Waals surface area contributed by atoms with E-state index in [4.69, 9.17) is 5.26 Å². The molecular weight excluding hydrogens is 302 g/mol. The van der Waals surface area contributed by atoms with Gasteiger partial charge in [-0.3, -0.25) is 10.2 Å². The van der Waals surface area contributed by atoms with E-state index >= 15 is 0 Å². The quantitative estimate of drug-likeness (QED) is 0.760. The first-order valence-electron chi connectivity index (χ1n) is 7.90. The second-order valence-corrected chi connectivity index (χ2v) is 5.92. The number of benzene rings is 1. The Morgan fingerprint density at radius 2 is 2.00 bits per heavy atom. The minimum absolute atomic E-state index is 0.0634. The Morgan fingerprint density at radius 1 is 1.25 bits per heavy atom. The number of amides is 1. The van der Waals surface area contributed by atoms with Crippen LogP contribution in [0, 0.1) is 17.2 Å². The molecule has 2 rings (SSSR count). The maximum atomic E-state index is 12.6. The summed E-state index contributed by atoms with van der Waals surface area (Å²) in [6.07, 6.45) is 2.01. The monoisotopic (exact) mass is 323 g/mol. The molecule has 0 fully saturated rings. The molecule has 0 saturated carbocycles. The summed E-state index contributed by atoms with van der Waals surface area (Å²) in [7, 11) is 0. The van der Waals surface area contributed by atoms with Crippen molar-refractivity contribution in [2.45, 2.75) is 26.2 Å². The van der Waals surface area contributed by atoms with Crippen LogP contribution in [0.15, 0.2) is 42.6 Å². The fourth-order valence-electron chi connectivity index (χ4n) is 2.23. The van der Waals surface area contributed by atoms with Crippen LogP contribution in [0.1, 0.15) is 36.8 Å². The Labute approximate surface area is 141 Å². The van der Waals surface area contributed by atoms with Gasteiger partial charge in [-0.15, -0.1) is 0 Å². The van der Waals surface area contributed by atoms with Gasteiger partial charge in [-0.1, -0.05) is 44.2 Å². The van der Waals surface area contributed by atoms with Crippen LogP contribution >= 0.6 is 0 Å². The van der Waals surface area contributed by atoms with Gasteiger partial charge in [0.1, 0.15) is 6.07 Å². The van der Waals surface area contributed by atoms with E-state index in [1.165, 1.54) is 6.20 Å². The maximum Gasteiger partial charge on any atom is 0.243 e. The van der Waals surface area contributed by atoms with Crippen LogP contribution in [-0.4, -0.2) is 22.4 Å². The van der Waals surface area contributed by atoms with E-state index in [1.807, 2.05) is 36.4 Å². The van der Waals surface area contributed by atoms with E-state index in [1.54, 1.807) is 6.07 Å². The predicted octanol–water partition coefficient (Wildman–Crippen LogP) is 1.95. The summed E-state index contributed by atoms with van der Waals surface area (Å²) in [6, 6.07) is 13.3.